The number of phenolic OH excluding ortho intramolecular Hbond substituents is 5. The van der Waals surface area contributed by atoms with Gasteiger partial charge in [0.2, 0.25) is 17.5 Å². The monoisotopic (exact) mass is 534 g/mol. The Balaban J connectivity index is 1.94. The van der Waals surface area contributed by atoms with E-state index in [0.29, 0.717) is 0 Å². The number of Topliss-reactive ketones (excluding diaryl/α,β-unsaturated/α-hetero) is 2. The van der Waals surface area contributed by atoms with Gasteiger partial charge in [0.25, 0.3) is 0 Å². The highest BCUT2D eigenvalue weighted by molar-refractivity contribution is 5.90. The van der Waals surface area contributed by atoms with Crippen LogP contribution >= 0.6 is 0 Å². The second-order valence-corrected chi connectivity index (χ2v) is 8.72. The number of carbonyl (C=O) groups is 2. The van der Waals surface area contributed by atoms with Crippen LogP contribution in [0.1, 0.15) is 13.8 Å². The zero-order valence-electron chi connectivity index (χ0n) is 19.6. The summed E-state index contributed by atoms with van der Waals surface area (Å²) in [7, 11) is 0. The molecule has 0 spiro atoms. The Kier molecular flexibility index (Phi) is 6.45. The molecular formula is C24H22O14. The number of hydrogen-bond acceptors (Lipinski definition) is 14. The summed E-state index contributed by atoms with van der Waals surface area (Å²) in [6.07, 6.45) is -8.45. The first-order chi connectivity index (χ1) is 17.7. The predicted octanol–water partition coefficient (Wildman–Crippen LogP) is -0.277. The highest BCUT2D eigenvalue weighted by atomic mass is 16.7. The Labute approximate surface area is 211 Å². The molecule has 1 saturated heterocycles. The van der Waals surface area contributed by atoms with E-state index in [2.05, 4.69) is 0 Å². The lowest BCUT2D eigenvalue weighted by Gasteiger charge is -2.29. The molecule has 0 bridgehead atoms. The lowest BCUT2D eigenvalue weighted by molar-refractivity contribution is -0.163. The van der Waals surface area contributed by atoms with Crippen LogP contribution in [0.5, 0.6) is 34.5 Å². The van der Waals surface area contributed by atoms with Crippen molar-refractivity contribution in [3.05, 3.63) is 34.5 Å². The summed E-state index contributed by atoms with van der Waals surface area (Å²) in [6, 6.07) is 3.48. The molecule has 8 N–H and O–H groups in total. The first kappa shape index (κ1) is 26.7. The van der Waals surface area contributed by atoms with Crippen LogP contribution in [0, 0.1) is 0 Å². The Hall–Kier alpha value is -4.37. The molecule has 1 aliphatic heterocycles. The molecule has 0 aliphatic carbocycles. The first-order valence-corrected chi connectivity index (χ1v) is 10.9. The van der Waals surface area contributed by atoms with Crippen molar-refractivity contribution in [1.82, 2.24) is 0 Å². The molecule has 0 saturated carbocycles. The number of aromatic hydroxyl groups is 5. The highest BCUT2D eigenvalue weighted by Gasteiger charge is 2.62. The van der Waals surface area contributed by atoms with Crippen LogP contribution in [-0.2, 0) is 14.3 Å². The fourth-order valence-corrected chi connectivity index (χ4v) is 4.14. The number of aliphatic hydroxyl groups is 3. The van der Waals surface area contributed by atoms with E-state index >= 15 is 0 Å². The number of rotatable bonds is 6. The average molecular weight is 534 g/mol. The van der Waals surface area contributed by atoms with Gasteiger partial charge in [0.1, 0.15) is 34.7 Å². The van der Waals surface area contributed by atoms with Crippen LogP contribution in [-0.4, -0.2) is 82.6 Å². The number of aliphatic hydroxyl groups excluding tert-OH is 2. The molecule has 1 unspecified atom stereocenters. The minimum absolute atomic E-state index is 0.288. The summed E-state index contributed by atoms with van der Waals surface area (Å²) in [5.41, 5.74) is -4.66. The van der Waals surface area contributed by atoms with Gasteiger partial charge < -0.3 is 54.7 Å². The lowest BCUT2D eigenvalue weighted by atomic mass is 9.85. The Morgan fingerprint density at radius 2 is 1.61 bits per heavy atom. The maximum Gasteiger partial charge on any atom is 0.239 e. The third-order valence-corrected chi connectivity index (χ3v) is 6.17. The van der Waals surface area contributed by atoms with Crippen LogP contribution in [0.4, 0.5) is 0 Å². The SMILES string of the molecule is CC(=O)C(O)[C@@H]1O[C@@H](Oc2c(-c3cc(O)c(O)c(O)c3)oc3cc(O)cc(O)c3c2=O)[C@H](O)[C@]1(O)C(C)=O. The molecule has 1 aromatic heterocycles. The van der Waals surface area contributed by atoms with Gasteiger partial charge >= 0.3 is 0 Å². The number of hydrogen-bond donors (Lipinski definition) is 8. The van der Waals surface area contributed by atoms with Crippen molar-refractivity contribution in [1.29, 1.82) is 0 Å². The molecule has 202 valence electrons. The van der Waals surface area contributed by atoms with Gasteiger partial charge in [0.15, 0.2) is 46.3 Å². The molecule has 0 amide bonds. The van der Waals surface area contributed by atoms with Crippen LogP contribution in [0.25, 0.3) is 22.3 Å². The van der Waals surface area contributed by atoms with Gasteiger partial charge in [-0.2, -0.15) is 0 Å². The average Bonchev–Trinajstić information content (AvgIpc) is 3.08. The summed E-state index contributed by atoms with van der Waals surface area (Å²) < 4.78 is 16.4. The molecule has 2 heterocycles. The summed E-state index contributed by atoms with van der Waals surface area (Å²) in [5.74, 6) is -7.32. The molecule has 38 heavy (non-hydrogen) atoms. The second kappa shape index (κ2) is 9.18. The third kappa shape index (κ3) is 4.05. The van der Waals surface area contributed by atoms with E-state index in [1.807, 2.05) is 0 Å². The van der Waals surface area contributed by atoms with E-state index in [4.69, 9.17) is 13.9 Å². The van der Waals surface area contributed by atoms with Crippen LogP contribution in [0.15, 0.2) is 33.5 Å². The smallest absolute Gasteiger partial charge is 0.239 e. The first-order valence-electron chi connectivity index (χ1n) is 10.9. The molecule has 1 aliphatic rings. The van der Waals surface area contributed by atoms with E-state index in [9.17, 15) is 55.2 Å². The van der Waals surface area contributed by atoms with E-state index in [0.717, 1.165) is 38.1 Å². The van der Waals surface area contributed by atoms with Crippen molar-refractivity contribution < 1.29 is 64.3 Å². The van der Waals surface area contributed by atoms with Crippen molar-refractivity contribution in [2.24, 2.45) is 0 Å². The highest BCUT2D eigenvalue weighted by Crippen LogP contribution is 2.44. The maximum absolute atomic E-state index is 13.4. The summed E-state index contributed by atoms with van der Waals surface area (Å²) in [6.45, 7) is 1.80. The molecule has 14 nitrogen and oxygen atoms in total. The van der Waals surface area contributed by atoms with Crippen LogP contribution < -0.4 is 10.2 Å². The van der Waals surface area contributed by atoms with Crippen molar-refractivity contribution in [3.63, 3.8) is 0 Å². The number of carbonyl (C=O) groups excluding carboxylic acids is 2. The minimum Gasteiger partial charge on any atom is -0.508 e. The lowest BCUT2D eigenvalue weighted by Crippen LogP contribution is -2.58. The molecule has 1 fully saturated rings. The predicted molar refractivity (Wildman–Crippen MR) is 124 cm³/mol. The molecule has 2 aromatic carbocycles. The van der Waals surface area contributed by atoms with Gasteiger partial charge in [-0.1, -0.05) is 0 Å². The van der Waals surface area contributed by atoms with Gasteiger partial charge in [0, 0.05) is 17.7 Å². The fraction of sp³-hybridized carbons (Fsp3) is 0.292. The molecule has 5 atom stereocenters. The van der Waals surface area contributed by atoms with E-state index in [1.54, 1.807) is 0 Å². The number of ketones is 2. The standard InChI is InChI=1S/C24H22O14/c1-7(25)16(31)22-24(35,8(2)26)21(34)23(38-22)37-20-18(33)15-11(28)5-10(27)6-14(15)36-19(20)9-3-12(29)17(32)13(30)4-9/h3-6,16,21-23,27-32,34-35H,1-2H3/t16?,21-,22-,23+,24+/m0/s1. The van der Waals surface area contributed by atoms with Gasteiger partial charge in [0.05, 0.1) is 0 Å². The second-order valence-electron chi connectivity index (χ2n) is 8.72. The zero-order chi connectivity index (χ0) is 28.3. The van der Waals surface area contributed by atoms with Gasteiger partial charge in [-0.05, 0) is 26.0 Å². The molecule has 14 heteroatoms. The zero-order valence-corrected chi connectivity index (χ0v) is 19.6. The normalized spacial score (nSPS) is 23.9. The summed E-state index contributed by atoms with van der Waals surface area (Å²) >= 11 is 0. The van der Waals surface area contributed by atoms with Gasteiger partial charge in [-0.3, -0.25) is 14.4 Å². The van der Waals surface area contributed by atoms with E-state index < -0.39 is 92.8 Å². The van der Waals surface area contributed by atoms with E-state index in [1.165, 1.54) is 0 Å². The van der Waals surface area contributed by atoms with Crippen LogP contribution in [0.3, 0.4) is 0 Å². The molecule has 3 aromatic rings. The molecule has 4 rings (SSSR count). The van der Waals surface area contributed by atoms with Gasteiger partial charge in [-0.15, -0.1) is 0 Å². The number of benzene rings is 2. The maximum atomic E-state index is 13.4. The van der Waals surface area contributed by atoms with Gasteiger partial charge in [-0.25, -0.2) is 0 Å². The third-order valence-electron chi connectivity index (χ3n) is 6.17. The molecule has 0 radical (unpaired) electrons. The van der Waals surface area contributed by atoms with Crippen molar-refractivity contribution in [2.45, 2.75) is 44.1 Å². The topological polar surface area (TPSA) is 245 Å². The van der Waals surface area contributed by atoms with E-state index in [-0.39, 0.29) is 11.1 Å². The Morgan fingerprint density at radius 1 is 1.00 bits per heavy atom. The largest absolute Gasteiger partial charge is 0.508 e. The molecular weight excluding hydrogens is 512 g/mol. The minimum atomic E-state index is -2.85. The number of ether oxygens (including phenoxy) is 2. The Bertz CT molecular complexity index is 1500. The summed E-state index contributed by atoms with van der Waals surface area (Å²) in [5, 5.41) is 81.0. The number of fused-ring (bicyclic) bond motifs is 1. The fourth-order valence-electron chi connectivity index (χ4n) is 4.14. The van der Waals surface area contributed by atoms with Crippen LogP contribution in [0.2, 0.25) is 0 Å². The van der Waals surface area contributed by atoms with Crippen molar-refractivity contribution >= 4 is 22.5 Å². The van der Waals surface area contributed by atoms with Crippen molar-refractivity contribution in [2.75, 3.05) is 0 Å². The summed E-state index contributed by atoms with van der Waals surface area (Å²) in [4.78, 5) is 37.4. The van der Waals surface area contributed by atoms with Crippen molar-refractivity contribution in [3.8, 4) is 45.8 Å². The quantitative estimate of drug-likeness (QED) is 0.190. The number of phenols is 5. The Morgan fingerprint density at radius 3 is 2.16 bits per heavy atom.